The van der Waals surface area contributed by atoms with Gasteiger partial charge in [0.05, 0.1) is 19.9 Å². The summed E-state index contributed by atoms with van der Waals surface area (Å²) in [7, 11) is 1.66. The molecule has 0 fully saturated rings. The number of hydrogen-bond donors (Lipinski definition) is 2. The number of nitrogens with two attached hydrogens (primary N) is 1. The number of hydrogen-bond acceptors (Lipinski definition) is 4. The minimum atomic E-state index is -0.460. The van der Waals surface area contributed by atoms with Crippen LogP contribution in [0.15, 0.2) is 30.5 Å². The number of aromatic nitrogens is 2. The van der Waals surface area contributed by atoms with Crippen molar-refractivity contribution >= 4 is 11.7 Å². The second-order valence-corrected chi connectivity index (χ2v) is 4.81. The van der Waals surface area contributed by atoms with Crippen LogP contribution in [0.5, 0.6) is 5.75 Å². The molecule has 2 aromatic rings. The lowest BCUT2D eigenvalue weighted by Gasteiger charge is -2.26. The molecule has 1 unspecified atom stereocenters. The van der Waals surface area contributed by atoms with Crippen molar-refractivity contribution in [3.05, 3.63) is 41.6 Å². The summed E-state index contributed by atoms with van der Waals surface area (Å²) < 4.78 is 7.03. The highest BCUT2D eigenvalue weighted by Crippen LogP contribution is 2.28. The maximum Gasteiger partial charge on any atom is 0.254 e. The van der Waals surface area contributed by atoms with Crippen molar-refractivity contribution in [2.24, 2.45) is 5.73 Å². The summed E-state index contributed by atoms with van der Waals surface area (Å²) in [5, 5.41) is 7.46. The quantitative estimate of drug-likeness (QED) is 0.879. The summed E-state index contributed by atoms with van der Waals surface area (Å²) in [6.07, 6.45) is 1.51. The number of anilines is 1. The topological polar surface area (TPSA) is 82.2 Å². The van der Waals surface area contributed by atoms with Gasteiger partial charge < -0.3 is 15.8 Å². The average molecular weight is 272 g/mol. The van der Waals surface area contributed by atoms with Gasteiger partial charge in [-0.25, -0.2) is 4.68 Å². The van der Waals surface area contributed by atoms with Gasteiger partial charge in [-0.3, -0.25) is 4.79 Å². The van der Waals surface area contributed by atoms with Crippen LogP contribution in [0.25, 0.3) is 0 Å². The fourth-order valence-corrected chi connectivity index (χ4v) is 2.50. The average Bonchev–Trinajstić information content (AvgIpc) is 2.90. The van der Waals surface area contributed by atoms with E-state index in [4.69, 9.17) is 10.5 Å². The molecule has 0 aliphatic carbocycles. The Labute approximate surface area is 116 Å². The van der Waals surface area contributed by atoms with Gasteiger partial charge in [-0.2, -0.15) is 5.10 Å². The van der Waals surface area contributed by atoms with Gasteiger partial charge in [-0.15, -0.1) is 0 Å². The van der Waals surface area contributed by atoms with E-state index in [2.05, 4.69) is 16.5 Å². The maximum absolute atomic E-state index is 11.3. The molecule has 1 aliphatic heterocycles. The summed E-state index contributed by atoms with van der Waals surface area (Å²) >= 11 is 0. The maximum atomic E-state index is 11.3. The number of amides is 1. The Bertz CT molecular complexity index is 650. The monoisotopic (exact) mass is 272 g/mol. The van der Waals surface area contributed by atoms with Crippen molar-refractivity contribution in [3.8, 4) is 5.75 Å². The third kappa shape index (κ3) is 2.09. The normalized spacial score (nSPS) is 17.1. The van der Waals surface area contributed by atoms with E-state index in [9.17, 15) is 4.79 Å². The second kappa shape index (κ2) is 4.88. The molecule has 3 N–H and O–H groups in total. The molecule has 6 heteroatoms. The summed E-state index contributed by atoms with van der Waals surface area (Å²) in [6.45, 7) is 1.45. The van der Waals surface area contributed by atoms with Crippen LogP contribution < -0.4 is 15.8 Å². The predicted octanol–water partition coefficient (Wildman–Crippen LogP) is 1.20. The summed E-state index contributed by atoms with van der Waals surface area (Å²) in [4.78, 5) is 11.3. The highest BCUT2D eigenvalue weighted by atomic mass is 16.5. The van der Waals surface area contributed by atoms with Crippen LogP contribution >= 0.6 is 0 Å². The molecule has 0 saturated carbocycles. The van der Waals surface area contributed by atoms with Crippen LogP contribution in [-0.2, 0) is 6.54 Å². The van der Waals surface area contributed by atoms with Crippen molar-refractivity contribution < 1.29 is 9.53 Å². The molecule has 1 atom stereocenters. The number of fused-ring (bicyclic) bond motifs is 1. The van der Waals surface area contributed by atoms with Gasteiger partial charge in [-0.05, 0) is 17.7 Å². The first-order valence-corrected chi connectivity index (χ1v) is 6.42. The van der Waals surface area contributed by atoms with Crippen molar-refractivity contribution in [2.45, 2.75) is 12.5 Å². The lowest BCUT2D eigenvalue weighted by atomic mass is 9.97. The Kier molecular flexibility index (Phi) is 3.06. The molecule has 0 spiro atoms. The van der Waals surface area contributed by atoms with Crippen molar-refractivity contribution in [1.82, 2.24) is 9.78 Å². The minimum absolute atomic E-state index is 0.276. The van der Waals surface area contributed by atoms with Gasteiger partial charge in [0.2, 0.25) is 0 Å². The van der Waals surface area contributed by atoms with Gasteiger partial charge in [-0.1, -0.05) is 12.1 Å². The molecule has 0 radical (unpaired) electrons. The van der Waals surface area contributed by atoms with Crippen LogP contribution in [0.1, 0.15) is 21.8 Å². The summed E-state index contributed by atoms with van der Waals surface area (Å²) in [5.41, 5.74) is 6.94. The zero-order valence-electron chi connectivity index (χ0n) is 11.2. The van der Waals surface area contributed by atoms with E-state index in [-0.39, 0.29) is 5.92 Å². The molecule has 1 aromatic carbocycles. The number of benzene rings is 1. The van der Waals surface area contributed by atoms with E-state index >= 15 is 0 Å². The SMILES string of the molecule is COc1cccc(C2CNc3c(C(N)=O)cnn3C2)c1. The minimum Gasteiger partial charge on any atom is -0.497 e. The lowest BCUT2D eigenvalue weighted by Crippen LogP contribution is -2.27. The number of nitrogens with zero attached hydrogens (tertiary/aromatic N) is 2. The summed E-state index contributed by atoms with van der Waals surface area (Å²) in [5.74, 6) is 1.36. The zero-order chi connectivity index (χ0) is 14.1. The fraction of sp³-hybridized carbons (Fsp3) is 0.286. The standard InChI is InChI=1S/C14H16N4O2/c1-20-11-4-2-3-9(5-11)10-6-16-14-12(13(15)19)7-17-18(14)8-10/h2-5,7,10,16H,6,8H2,1H3,(H2,15,19). The Morgan fingerprint density at radius 3 is 3.15 bits per heavy atom. The lowest BCUT2D eigenvalue weighted by molar-refractivity contribution is 0.100. The van der Waals surface area contributed by atoms with Gasteiger partial charge in [0.25, 0.3) is 5.91 Å². The molecule has 3 rings (SSSR count). The molecule has 6 nitrogen and oxygen atoms in total. The first kappa shape index (κ1) is 12.5. The molecular formula is C14H16N4O2. The van der Waals surface area contributed by atoms with E-state index in [1.807, 2.05) is 18.2 Å². The fourth-order valence-electron chi connectivity index (χ4n) is 2.50. The molecule has 0 saturated heterocycles. The van der Waals surface area contributed by atoms with Crippen molar-refractivity contribution in [1.29, 1.82) is 0 Å². The van der Waals surface area contributed by atoms with Crippen molar-refractivity contribution in [3.63, 3.8) is 0 Å². The van der Waals surface area contributed by atoms with E-state index in [1.165, 1.54) is 11.8 Å². The van der Waals surface area contributed by atoms with Gasteiger partial charge >= 0.3 is 0 Å². The van der Waals surface area contributed by atoms with Crippen LogP contribution in [0.3, 0.4) is 0 Å². The zero-order valence-corrected chi connectivity index (χ0v) is 11.2. The smallest absolute Gasteiger partial charge is 0.254 e. The van der Waals surface area contributed by atoms with Crippen molar-refractivity contribution in [2.75, 3.05) is 19.0 Å². The van der Waals surface area contributed by atoms with Crippen LogP contribution in [-0.4, -0.2) is 29.3 Å². The first-order valence-electron chi connectivity index (χ1n) is 6.42. The van der Waals surface area contributed by atoms with E-state index < -0.39 is 5.91 Å². The number of carbonyl (C=O) groups excluding carboxylic acids is 1. The van der Waals surface area contributed by atoms with E-state index in [1.54, 1.807) is 11.8 Å². The number of ether oxygens (including phenoxy) is 1. The number of primary amides is 1. The molecule has 20 heavy (non-hydrogen) atoms. The number of methoxy groups -OCH3 is 1. The second-order valence-electron chi connectivity index (χ2n) is 4.81. The largest absolute Gasteiger partial charge is 0.497 e. The van der Waals surface area contributed by atoms with E-state index in [0.717, 1.165) is 12.3 Å². The first-order chi connectivity index (χ1) is 9.69. The van der Waals surface area contributed by atoms with Crippen LogP contribution in [0.4, 0.5) is 5.82 Å². The number of carbonyl (C=O) groups is 1. The third-order valence-corrected chi connectivity index (χ3v) is 3.58. The Morgan fingerprint density at radius 1 is 1.55 bits per heavy atom. The summed E-state index contributed by atoms with van der Waals surface area (Å²) in [6, 6.07) is 7.99. The highest BCUT2D eigenvalue weighted by molar-refractivity contribution is 5.97. The molecule has 1 amide bonds. The molecule has 0 bridgehead atoms. The molecule has 1 aliphatic rings. The molecule has 104 valence electrons. The van der Waals surface area contributed by atoms with Crippen LogP contribution in [0.2, 0.25) is 0 Å². The number of nitrogens with one attached hydrogen (secondary N) is 1. The Morgan fingerprint density at radius 2 is 2.40 bits per heavy atom. The molecule has 1 aromatic heterocycles. The van der Waals surface area contributed by atoms with Gasteiger partial charge in [0, 0.05) is 12.5 Å². The van der Waals surface area contributed by atoms with Gasteiger partial charge in [0.1, 0.15) is 17.1 Å². The predicted molar refractivity (Wildman–Crippen MR) is 75.0 cm³/mol. The van der Waals surface area contributed by atoms with Crippen LogP contribution in [0, 0.1) is 0 Å². The Balaban J connectivity index is 1.87. The Hall–Kier alpha value is -2.50. The van der Waals surface area contributed by atoms with Gasteiger partial charge in [0.15, 0.2) is 0 Å². The molecular weight excluding hydrogens is 256 g/mol. The van der Waals surface area contributed by atoms with E-state index in [0.29, 0.717) is 17.9 Å². The highest BCUT2D eigenvalue weighted by Gasteiger charge is 2.24. The number of rotatable bonds is 3. The molecule has 2 heterocycles. The third-order valence-electron chi connectivity index (χ3n) is 3.58.